The lowest BCUT2D eigenvalue weighted by molar-refractivity contribution is 0.280. The van der Waals surface area contributed by atoms with Crippen LogP contribution in [0.25, 0.3) is 10.9 Å². The molecule has 0 spiro atoms. The predicted octanol–water partition coefficient (Wildman–Crippen LogP) is 3.59. The molecule has 0 atom stereocenters. The molecule has 0 radical (unpaired) electrons. The van der Waals surface area contributed by atoms with Crippen LogP contribution in [0.4, 0.5) is 0 Å². The lowest BCUT2D eigenvalue weighted by Crippen LogP contribution is -2.17. The summed E-state index contributed by atoms with van der Waals surface area (Å²) in [6, 6.07) is 9.08. The lowest BCUT2D eigenvalue weighted by Gasteiger charge is -2.26. The van der Waals surface area contributed by atoms with Crippen LogP contribution in [0.5, 0.6) is 0 Å². The molecule has 1 aromatic heterocycles. The van der Waals surface area contributed by atoms with Crippen molar-refractivity contribution in [3.63, 3.8) is 0 Å². The normalized spacial score (nSPS) is 15.8. The molecule has 0 aliphatic heterocycles. The molecule has 0 bridgehead atoms. The maximum Gasteiger partial charge on any atom is 0.0483 e. The van der Waals surface area contributed by atoms with Crippen molar-refractivity contribution in [1.29, 1.82) is 0 Å². The molecule has 19 heavy (non-hydrogen) atoms. The molecule has 2 heteroatoms. The second-order valence-electron chi connectivity index (χ2n) is 5.82. The van der Waals surface area contributed by atoms with E-state index in [1.807, 2.05) is 7.05 Å². The largest absolute Gasteiger partial charge is 0.347 e. The number of aromatic nitrogens is 1. The number of nitrogens with zero attached hydrogens (tertiary/aromatic N) is 1. The zero-order valence-electron chi connectivity index (χ0n) is 11.9. The van der Waals surface area contributed by atoms with Gasteiger partial charge in [0.25, 0.3) is 0 Å². The maximum absolute atomic E-state index is 3.23. The molecule has 1 heterocycles. The molecule has 2 aromatic rings. The molecule has 1 aliphatic carbocycles. The second-order valence-corrected chi connectivity index (χ2v) is 5.82. The summed E-state index contributed by atoms with van der Waals surface area (Å²) >= 11 is 0. The summed E-state index contributed by atoms with van der Waals surface area (Å²) in [4.78, 5) is 0. The van der Waals surface area contributed by atoms with Crippen molar-refractivity contribution < 1.29 is 0 Å². The summed E-state index contributed by atoms with van der Waals surface area (Å²) in [6.45, 7) is 2.31. The number of hydrogen-bond donors (Lipinski definition) is 1. The van der Waals surface area contributed by atoms with Crippen LogP contribution >= 0.6 is 0 Å². The van der Waals surface area contributed by atoms with Gasteiger partial charge in [-0.05, 0) is 62.9 Å². The van der Waals surface area contributed by atoms with E-state index in [1.54, 1.807) is 0 Å². The van der Waals surface area contributed by atoms with Gasteiger partial charge in [0.15, 0.2) is 0 Å². The van der Waals surface area contributed by atoms with Crippen LogP contribution in [0.2, 0.25) is 0 Å². The Kier molecular flexibility index (Phi) is 3.88. The zero-order chi connectivity index (χ0) is 13.1. The Morgan fingerprint density at radius 3 is 2.89 bits per heavy atom. The third-order valence-electron chi connectivity index (χ3n) is 4.46. The SMILES string of the molecule is CNCCCc1cccc2c1ccn2CC1CCC1. The lowest BCUT2D eigenvalue weighted by atomic mass is 9.85. The standard InChI is InChI=1S/C17H24N2/c1-18-11-4-8-15-7-3-9-17-16(15)10-12-19(17)13-14-5-2-6-14/h3,7,9-10,12,14,18H,2,4-6,8,11,13H2,1H3. The van der Waals surface area contributed by atoms with E-state index in [0.29, 0.717) is 0 Å². The van der Waals surface area contributed by atoms with E-state index < -0.39 is 0 Å². The molecule has 102 valence electrons. The summed E-state index contributed by atoms with van der Waals surface area (Å²) in [7, 11) is 2.02. The first kappa shape index (κ1) is 12.7. The van der Waals surface area contributed by atoms with Gasteiger partial charge in [-0.3, -0.25) is 0 Å². The topological polar surface area (TPSA) is 17.0 Å². The summed E-state index contributed by atoms with van der Waals surface area (Å²) in [5, 5.41) is 4.68. The van der Waals surface area contributed by atoms with Crippen molar-refractivity contribution in [2.45, 2.75) is 38.6 Å². The first-order valence-electron chi connectivity index (χ1n) is 7.60. The van der Waals surface area contributed by atoms with Crippen LogP contribution < -0.4 is 5.32 Å². The molecule has 1 aromatic carbocycles. The zero-order valence-corrected chi connectivity index (χ0v) is 11.9. The number of benzene rings is 1. The van der Waals surface area contributed by atoms with Crippen molar-refractivity contribution in [2.24, 2.45) is 5.92 Å². The second kappa shape index (κ2) is 5.79. The van der Waals surface area contributed by atoms with Crippen LogP contribution in [0.3, 0.4) is 0 Å². The number of hydrogen-bond acceptors (Lipinski definition) is 1. The smallest absolute Gasteiger partial charge is 0.0483 e. The molecule has 0 amide bonds. The first-order chi connectivity index (χ1) is 9.38. The van der Waals surface area contributed by atoms with Gasteiger partial charge in [0, 0.05) is 23.6 Å². The van der Waals surface area contributed by atoms with Gasteiger partial charge in [-0.25, -0.2) is 0 Å². The Balaban J connectivity index is 1.80. The molecule has 1 saturated carbocycles. The molecule has 1 fully saturated rings. The Hall–Kier alpha value is -1.28. The number of fused-ring (bicyclic) bond motifs is 1. The highest BCUT2D eigenvalue weighted by atomic mass is 15.0. The Morgan fingerprint density at radius 2 is 2.16 bits per heavy atom. The van der Waals surface area contributed by atoms with Gasteiger partial charge in [-0.2, -0.15) is 0 Å². The van der Waals surface area contributed by atoms with Gasteiger partial charge in [-0.15, -0.1) is 0 Å². The summed E-state index contributed by atoms with van der Waals surface area (Å²) in [5.74, 6) is 0.920. The highest BCUT2D eigenvalue weighted by molar-refractivity contribution is 5.83. The van der Waals surface area contributed by atoms with E-state index in [4.69, 9.17) is 0 Å². The van der Waals surface area contributed by atoms with Crippen molar-refractivity contribution in [3.05, 3.63) is 36.0 Å². The average Bonchev–Trinajstić information content (AvgIpc) is 2.78. The minimum absolute atomic E-state index is 0.920. The minimum Gasteiger partial charge on any atom is -0.347 e. The van der Waals surface area contributed by atoms with E-state index in [1.165, 1.54) is 55.1 Å². The highest BCUT2D eigenvalue weighted by Gasteiger charge is 2.18. The monoisotopic (exact) mass is 256 g/mol. The minimum atomic E-state index is 0.920. The molecule has 1 aliphatic rings. The van der Waals surface area contributed by atoms with Crippen LogP contribution in [0.15, 0.2) is 30.5 Å². The van der Waals surface area contributed by atoms with Crippen molar-refractivity contribution in [2.75, 3.05) is 13.6 Å². The predicted molar refractivity (Wildman–Crippen MR) is 81.5 cm³/mol. The molecular formula is C17H24N2. The third kappa shape index (κ3) is 2.69. The fourth-order valence-electron chi connectivity index (χ4n) is 3.07. The molecule has 1 N–H and O–H groups in total. The molecule has 2 nitrogen and oxygen atoms in total. The summed E-state index contributed by atoms with van der Waals surface area (Å²) in [5.41, 5.74) is 2.92. The van der Waals surface area contributed by atoms with E-state index in [0.717, 1.165) is 12.5 Å². The fraction of sp³-hybridized carbons (Fsp3) is 0.529. The van der Waals surface area contributed by atoms with Crippen LogP contribution in [0.1, 0.15) is 31.2 Å². The highest BCUT2D eigenvalue weighted by Crippen LogP contribution is 2.30. The van der Waals surface area contributed by atoms with E-state index in [-0.39, 0.29) is 0 Å². The quantitative estimate of drug-likeness (QED) is 0.782. The van der Waals surface area contributed by atoms with Gasteiger partial charge < -0.3 is 9.88 Å². The summed E-state index contributed by atoms with van der Waals surface area (Å²) in [6.07, 6.45) is 8.93. The Morgan fingerprint density at radius 1 is 1.26 bits per heavy atom. The Labute approximate surface area is 115 Å². The van der Waals surface area contributed by atoms with Crippen molar-refractivity contribution in [1.82, 2.24) is 9.88 Å². The number of rotatable bonds is 6. The van der Waals surface area contributed by atoms with Crippen molar-refractivity contribution in [3.8, 4) is 0 Å². The number of aryl methyl sites for hydroxylation is 1. The van der Waals surface area contributed by atoms with E-state index in [2.05, 4.69) is 40.3 Å². The van der Waals surface area contributed by atoms with Crippen LogP contribution in [-0.2, 0) is 13.0 Å². The first-order valence-corrected chi connectivity index (χ1v) is 7.60. The molecule has 0 saturated heterocycles. The van der Waals surface area contributed by atoms with Crippen LogP contribution in [0, 0.1) is 5.92 Å². The third-order valence-corrected chi connectivity index (χ3v) is 4.46. The van der Waals surface area contributed by atoms with Gasteiger partial charge in [-0.1, -0.05) is 18.6 Å². The molecule has 3 rings (SSSR count). The van der Waals surface area contributed by atoms with Gasteiger partial charge in [0.05, 0.1) is 0 Å². The van der Waals surface area contributed by atoms with Gasteiger partial charge in [0.2, 0.25) is 0 Å². The van der Waals surface area contributed by atoms with Crippen LogP contribution in [-0.4, -0.2) is 18.2 Å². The number of nitrogens with one attached hydrogen (secondary N) is 1. The van der Waals surface area contributed by atoms with Gasteiger partial charge in [0.1, 0.15) is 0 Å². The van der Waals surface area contributed by atoms with Gasteiger partial charge >= 0.3 is 0 Å². The summed E-state index contributed by atoms with van der Waals surface area (Å²) < 4.78 is 2.46. The van der Waals surface area contributed by atoms with E-state index >= 15 is 0 Å². The average molecular weight is 256 g/mol. The fourth-order valence-corrected chi connectivity index (χ4v) is 3.07. The maximum atomic E-state index is 3.23. The molecule has 0 unspecified atom stereocenters. The molecular weight excluding hydrogens is 232 g/mol. The van der Waals surface area contributed by atoms with Crippen molar-refractivity contribution >= 4 is 10.9 Å². The Bertz CT molecular complexity index is 537. The van der Waals surface area contributed by atoms with E-state index in [9.17, 15) is 0 Å².